The minimum Gasteiger partial charge on any atom is -0.348 e. The van der Waals surface area contributed by atoms with Crippen LogP contribution in [0.2, 0.25) is 0 Å². The lowest BCUT2D eigenvalue weighted by Crippen LogP contribution is -2.36. The molecule has 27 heavy (non-hydrogen) atoms. The number of hydrogen-bond donors (Lipinski definition) is 1. The lowest BCUT2D eigenvalue weighted by atomic mass is 9.95. The van der Waals surface area contributed by atoms with Gasteiger partial charge in [-0.3, -0.25) is 4.79 Å². The van der Waals surface area contributed by atoms with Gasteiger partial charge in [0, 0.05) is 18.4 Å². The largest absolute Gasteiger partial charge is 0.348 e. The highest BCUT2D eigenvalue weighted by atomic mass is 16.2. The van der Waals surface area contributed by atoms with Crippen molar-refractivity contribution in [2.75, 3.05) is 0 Å². The SMILES string of the molecule is Cc1ccc(Cn2nnc(C(=O)NC3CCCCC3)c2-n2cccc2)cc1. The first kappa shape index (κ1) is 17.5. The van der Waals surface area contributed by atoms with Crippen molar-refractivity contribution in [2.24, 2.45) is 0 Å². The second-order valence-corrected chi connectivity index (χ2v) is 7.30. The molecule has 0 radical (unpaired) electrons. The van der Waals surface area contributed by atoms with E-state index >= 15 is 0 Å². The normalized spacial score (nSPS) is 15.0. The number of carbonyl (C=O) groups is 1. The van der Waals surface area contributed by atoms with Crippen molar-refractivity contribution >= 4 is 5.91 Å². The molecule has 1 fully saturated rings. The van der Waals surface area contributed by atoms with Crippen molar-refractivity contribution in [3.05, 3.63) is 65.6 Å². The lowest BCUT2D eigenvalue weighted by Gasteiger charge is -2.22. The van der Waals surface area contributed by atoms with Gasteiger partial charge < -0.3 is 9.88 Å². The predicted octanol–water partition coefficient (Wildman–Crippen LogP) is 3.49. The highest BCUT2D eigenvalue weighted by Crippen LogP contribution is 2.19. The number of rotatable bonds is 5. The van der Waals surface area contributed by atoms with Gasteiger partial charge in [0.05, 0.1) is 6.54 Å². The molecule has 1 N–H and O–H groups in total. The molecule has 0 saturated heterocycles. The van der Waals surface area contributed by atoms with E-state index in [1.165, 1.54) is 24.8 Å². The van der Waals surface area contributed by atoms with Crippen LogP contribution < -0.4 is 5.32 Å². The minimum atomic E-state index is -0.138. The molecule has 1 saturated carbocycles. The fourth-order valence-electron chi connectivity index (χ4n) is 3.66. The van der Waals surface area contributed by atoms with Gasteiger partial charge in [-0.15, -0.1) is 5.10 Å². The van der Waals surface area contributed by atoms with E-state index in [2.05, 4.69) is 46.8 Å². The van der Waals surface area contributed by atoms with Gasteiger partial charge in [-0.1, -0.05) is 54.3 Å². The third-order valence-electron chi connectivity index (χ3n) is 5.17. The predicted molar refractivity (Wildman–Crippen MR) is 104 cm³/mol. The number of carbonyl (C=O) groups excluding carboxylic acids is 1. The molecule has 0 atom stereocenters. The van der Waals surface area contributed by atoms with Gasteiger partial charge in [0.1, 0.15) is 0 Å². The van der Waals surface area contributed by atoms with E-state index in [9.17, 15) is 4.79 Å². The summed E-state index contributed by atoms with van der Waals surface area (Å²) in [6.07, 6.45) is 9.53. The molecule has 1 aromatic carbocycles. The van der Waals surface area contributed by atoms with Crippen molar-refractivity contribution in [1.82, 2.24) is 24.9 Å². The van der Waals surface area contributed by atoms with Gasteiger partial charge >= 0.3 is 0 Å². The molecule has 0 spiro atoms. The Kier molecular flexibility index (Phi) is 5.05. The summed E-state index contributed by atoms with van der Waals surface area (Å²) in [6.45, 7) is 2.63. The maximum absolute atomic E-state index is 12.9. The van der Waals surface area contributed by atoms with Gasteiger partial charge in [0.2, 0.25) is 0 Å². The monoisotopic (exact) mass is 363 g/mol. The molecular formula is C21H25N5O. The van der Waals surface area contributed by atoms with Gasteiger partial charge in [-0.2, -0.15) is 0 Å². The summed E-state index contributed by atoms with van der Waals surface area (Å²) in [5, 5.41) is 11.7. The maximum atomic E-state index is 12.9. The average molecular weight is 363 g/mol. The molecule has 1 amide bonds. The van der Waals surface area contributed by atoms with Crippen molar-refractivity contribution < 1.29 is 4.79 Å². The average Bonchev–Trinajstić information content (AvgIpc) is 3.34. The Morgan fingerprint density at radius 1 is 1.11 bits per heavy atom. The second kappa shape index (κ2) is 7.78. The van der Waals surface area contributed by atoms with Gasteiger partial charge in [0.15, 0.2) is 11.5 Å². The lowest BCUT2D eigenvalue weighted by molar-refractivity contribution is 0.0922. The van der Waals surface area contributed by atoms with Crippen LogP contribution in [0.15, 0.2) is 48.8 Å². The number of nitrogens with one attached hydrogen (secondary N) is 1. The zero-order valence-electron chi connectivity index (χ0n) is 15.6. The summed E-state index contributed by atoms with van der Waals surface area (Å²) in [4.78, 5) is 12.9. The fourth-order valence-corrected chi connectivity index (χ4v) is 3.66. The number of amides is 1. The summed E-state index contributed by atoms with van der Waals surface area (Å²) in [7, 11) is 0. The maximum Gasteiger partial charge on any atom is 0.275 e. The number of nitrogens with zero attached hydrogens (tertiary/aromatic N) is 4. The number of aryl methyl sites for hydroxylation is 1. The fraction of sp³-hybridized carbons (Fsp3) is 0.381. The van der Waals surface area contributed by atoms with Crippen molar-refractivity contribution in [3.63, 3.8) is 0 Å². The summed E-state index contributed by atoms with van der Waals surface area (Å²) >= 11 is 0. The smallest absolute Gasteiger partial charge is 0.275 e. The number of hydrogen-bond acceptors (Lipinski definition) is 3. The first-order valence-corrected chi connectivity index (χ1v) is 9.64. The minimum absolute atomic E-state index is 0.138. The van der Waals surface area contributed by atoms with Crippen LogP contribution in [0.1, 0.15) is 53.7 Å². The quantitative estimate of drug-likeness (QED) is 0.755. The van der Waals surface area contributed by atoms with Crippen LogP contribution in [0.4, 0.5) is 0 Å². The molecule has 0 bridgehead atoms. The molecule has 1 aliphatic rings. The van der Waals surface area contributed by atoms with E-state index in [4.69, 9.17) is 0 Å². The van der Waals surface area contributed by atoms with Crippen LogP contribution in [-0.2, 0) is 6.54 Å². The summed E-state index contributed by atoms with van der Waals surface area (Å²) < 4.78 is 3.70. The van der Waals surface area contributed by atoms with E-state index in [1.54, 1.807) is 4.68 Å². The summed E-state index contributed by atoms with van der Waals surface area (Å²) in [6, 6.07) is 12.4. The Balaban J connectivity index is 1.62. The van der Waals surface area contributed by atoms with Crippen molar-refractivity contribution in [3.8, 4) is 5.82 Å². The van der Waals surface area contributed by atoms with Gasteiger partial charge in [0.25, 0.3) is 5.91 Å². The topological polar surface area (TPSA) is 64.7 Å². The first-order chi connectivity index (χ1) is 13.2. The van der Waals surface area contributed by atoms with Gasteiger partial charge in [-0.25, -0.2) is 4.68 Å². The van der Waals surface area contributed by atoms with Crippen molar-refractivity contribution in [2.45, 2.75) is 51.6 Å². The summed E-state index contributed by atoms with van der Waals surface area (Å²) in [5.74, 6) is 0.564. The van der Waals surface area contributed by atoms with Crippen LogP contribution in [0.3, 0.4) is 0 Å². The van der Waals surface area contributed by atoms with Crippen LogP contribution >= 0.6 is 0 Å². The van der Waals surface area contributed by atoms with Crippen LogP contribution in [0.5, 0.6) is 0 Å². The molecule has 140 valence electrons. The van der Waals surface area contributed by atoms with Gasteiger partial charge in [-0.05, 0) is 37.5 Å². The van der Waals surface area contributed by atoms with Crippen LogP contribution in [-0.4, -0.2) is 31.5 Å². The molecule has 3 aromatic rings. The Labute approximate surface area is 159 Å². The third-order valence-corrected chi connectivity index (χ3v) is 5.17. The number of benzene rings is 1. The zero-order valence-corrected chi connectivity index (χ0v) is 15.6. The Hall–Kier alpha value is -2.89. The molecular weight excluding hydrogens is 338 g/mol. The highest BCUT2D eigenvalue weighted by Gasteiger charge is 2.24. The molecule has 6 heteroatoms. The molecule has 0 aliphatic heterocycles. The number of aromatic nitrogens is 4. The van der Waals surface area contributed by atoms with Crippen LogP contribution in [0, 0.1) is 6.92 Å². The van der Waals surface area contributed by atoms with E-state index in [0.29, 0.717) is 18.1 Å². The molecule has 2 heterocycles. The van der Waals surface area contributed by atoms with E-state index in [0.717, 1.165) is 18.4 Å². The van der Waals surface area contributed by atoms with E-state index < -0.39 is 0 Å². The Morgan fingerprint density at radius 3 is 2.52 bits per heavy atom. The molecule has 2 aromatic heterocycles. The Bertz CT molecular complexity index is 889. The molecule has 6 nitrogen and oxygen atoms in total. The first-order valence-electron chi connectivity index (χ1n) is 9.64. The van der Waals surface area contributed by atoms with E-state index in [-0.39, 0.29) is 11.9 Å². The van der Waals surface area contributed by atoms with E-state index in [1.807, 2.05) is 29.1 Å². The standard InChI is InChI=1S/C21H25N5O/c1-16-9-11-17(12-10-16)15-26-21(25-13-5-6-14-25)19(23-24-26)20(27)22-18-7-3-2-4-8-18/h5-6,9-14,18H,2-4,7-8,15H2,1H3,(H,22,27). The second-order valence-electron chi connectivity index (χ2n) is 7.30. The summed E-state index contributed by atoms with van der Waals surface area (Å²) in [5.41, 5.74) is 2.72. The molecule has 4 rings (SSSR count). The van der Waals surface area contributed by atoms with Crippen LogP contribution in [0.25, 0.3) is 5.82 Å². The zero-order chi connectivity index (χ0) is 18.6. The highest BCUT2D eigenvalue weighted by molar-refractivity contribution is 5.95. The molecule has 0 unspecified atom stereocenters. The van der Waals surface area contributed by atoms with Crippen molar-refractivity contribution in [1.29, 1.82) is 0 Å². The Morgan fingerprint density at radius 2 is 1.81 bits per heavy atom. The third kappa shape index (κ3) is 3.94. The molecule has 1 aliphatic carbocycles.